The number of piperidine rings is 1. The number of nitrogens with zero attached hydrogens (tertiary/aromatic N) is 1. The van der Waals surface area contributed by atoms with Crippen LogP contribution in [0.1, 0.15) is 47.0 Å². The molecule has 1 N–H and O–H groups in total. The number of hydrogen-bond donors (Lipinski definition) is 1. The Morgan fingerprint density at radius 2 is 1.67 bits per heavy atom. The number of rotatable bonds is 2. The lowest BCUT2D eigenvalue weighted by atomic mass is 10.0. The van der Waals surface area contributed by atoms with Gasteiger partial charge in [-0.05, 0) is 30.1 Å². The summed E-state index contributed by atoms with van der Waals surface area (Å²) in [5, 5.41) is 9.23. The van der Waals surface area contributed by atoms with Crippen molar-refractivity contribution in [3.8, 4) is 0 Å². The van der Waals surface area contributed by atoms with Gasteiger partial charge in [-0.2, -0.15) is 0 Å². The molecule has 1 unspecified atom stereocenters. The molecule has 4 heteroatoms. The fraction of sp³-hybridized carbons (Fsp3) is 0.857. The van der Waals surface area contributed by atoms with Crippen LogP contribution in [0.25, 0.3) is 0 Å². The summed E-state index contributed by atoms with van der Waals surface area (Å²) in [6.07, 6.45) is 2.41. The minimum absolute atomic E-state index is 0.0232. The number of carboxylic acid groups (broad SMARTS) is 1. The van der Waals surface area contributed by atoms with E-state index in [0.29, 0.717) is 13.0 Å². The lowest BCUT2D eigenvalue weighted by Gasteiger charge is -2.33. The average Bonchev–Trinajstić information content (AvgIpc) is 2.68. The van der Waals surface area contributed by atoms with Crippen LogP contribution in [-0.4, -0.2) is 34.5 Å². The molecule has 0 bridgehead atoms. The molecule has 2 fully saturated rings. The van der Waals surface area contributed by atoms with E-state index in [-0.39, 0.29) is 22.7 Å². The van der Waals surface area contributed by atoms with Crippen molar-refractivity contribution < 1.29 is 14.7 Å². The number of carboxylic acids is 1. The van der Waals surface area contributed by atoms with Gasteiger partial charge in [-0.3, -0.25) is 4.79 Å². The van der Waals surface area contributed by atoms with Gasteiger partial charge >= 0.3 is 5.97 Å². The summed E-state index contributed by atoms with van der Waals surface area (Å²) in [7, 11) is 0. The number of aliphatic carboxylic acids is 1. The first kappa shape index (κ1) is 13.4. The Labute approximate surface area is 108 Å². The van der Waals surface area contributed by atoms with Gasteiger partial charge in [0.1, 0.15) is 6.04 Å². The normalized spacial score (nSPS) is 30.0. The summed E-state index contributed by atoms with van der Waals surface area (Å²) in [5.41, 5.74) is -0.0465. The molecule has 1 aliphatic heterocycles. The van der Waals surface area contributed by atoms with E-state index >= 15 is 0 Å². The van der Waals surface area contributed by atoms with Gasteiger partial charge in [0.05, 0.1) is 0 Å². The molecule has 1 atom stereocenters. The van der Waals surface area contributed by atoms with Gasteiger partial charge in [-0.15, -0.1) is 0 Å². The topological polar surface area (TPSA) is 57.6 Å². The third-order valence-electron chi connectivity index (χ3n) is 5.34. The molecule has 0 radical (unpaired) electrons. The quantitative estimate of drug-likeness (QED) is 0.820. The van der Waals surface area contributed by atoms with E-state index in [2.05, 4.69) is 27.7 Å². The van der Waals surface area contributed by atoms with Crippen LogP contribution in [0.3, 0.4) is 0 Å². The van der Waals surface area contributed by atoms with Crippen molar-refractivity contribution in [2.75, 3.05) is 6.54 Å². The highest BCUT2D eigenvalue weighted by molar-refractivity contribution is 5.88. The summed E-state index contributed by atoms with van der Waals surface area (Å²) in [5.74, 6) is -0.860. The van der Waals surface area contributed by atoms with E-state index in [0.717, 1.165) is 12.8 Å². The van der Waals surface area contributed by atoms with Crippen LogP contribution in [-0.2, 0) is 9.59 Å². The van der Waals surface area contributed by atoms with E-state index < -0.39 is 12.0 Å². The van der Waals surface area contributed by atoms with Crippen LogP contribution < -0.4 is 0 Å². The minimum atomic E-state index is -0.862. The van der Waals surface area contributed by atoms with E-state index in [1.165, 1.54) is 0 Å². The van der Waals surface area contributed by atoms with Gasteiger partial charge in [0.15, 0.2) is 0 Å². The maximum absolute atomic E-state index is 12.6. The fourth-order valence-corrected chi connectivity index (χ4v) is 3.43. The van der Waals surface area contributed by atoms with Crippen molar-refractivity contribution in [2.45, 2.75) is 53.0 Å². The molecular weight excluding hydrogens is 230 g/mol. The van der Waals surface area contributed by atoms with Crippen molar-refractivity contribution in [1.82, 2.24) is 4.90 Å². The highest BCUT2D eigenvalue weighted by Crippen LogP contribution is 2.68. The second kappa shape index (κ2) is 3.97. The molecule has 1 heterocycles. The molecular formula is C14H23NO3. The van der Waals surface area contributed by atoms with Gasteiger partial charge in [-0.1, -0.05) is 27.7 Å². The van der Waals surface area contributed by atoms with Gasteiger partial charge in [0, 0.05) is 12.5 Å². The number of hydrogen-bond acceptors (Lipinski definition) is 2. The second-order valence-corrected chi connectivity index (χ2v) is 6.76. The summed E-state index contributed by atoms with van der Waals surface area (Å²) in [6.45, 7) is 8.97. The zero-order chi connectivity index (χ0) is 13.7. The van der Waals surface area contributed by atoms with Crippen molar-refractivity contribution in [3.63, 3.8) is 0 Å². The highest BCUT2D eigenvalue weighted by Gasteiger charge is 2.69. The average molecular weight is 253 g/mol. The molecule has 4 nitrogen and oxygen atoms in total. The van der Waals surface area contributed by atoms with Crippen LogP contribution in [0.2, 0.25) is 0 Å². The van der Waals surface area contributed by atoms with Crippen molar-refractivity contribution in [3.05, 3.63) is 0 Å². The zero-order valence-corrected chi connectivity index (χ0v) is 11.7. The molecule has 1 saturated heterocycles. The monoisotopic (exact) mass is 253 g/mol. The number of carbonyl (C=O) groups excluding carboxylic acids is 1. The molecule has 1 amide bonds. The Morgan fingerprint density at radius 3 is 2.11 bits per heavy atom. The summed E-state index contributed by atoms with van der Waals surface area (Å²) in [4.78, 5) is 25.4. The van der Waals surface area contributed by atoms with Crippen LogP contribution in [0.4, 0.5) is 0 Å². The number of likely N-dealkylation sites (tertiary alicyclic amines) is 1. The van der Waals surface area contributed by atoms with Crippen LogP contribution in [0, 0.1) is 16.7 Å². The Bertz CT molecular complexity index is 373. The first-order valence-electron chi connectivity index (χ1n) is 6.74. The smallest absolute Gasteiger partial charge is 0.326 e. The number of carbonyl (C=O) groups is 2. The van der Waals surface area contributed by atoms with Crippen LogP contribution in [0.15, 0.2) is 0 Å². The zero-order valence-electron chi connectivity index (χ0n) is 11.7. The van der Waals surface area contributed by atoms with Gasteiger partial charge < -0.3 is 10.0 Å². The van der Waals surface area contributed by atoms with Crippen molar-refractivity contribution in [1.29, 1.82) is 0 Å². The first-order valence-corrected chi connectivity index (χ1v) is 6.74. The standard InChI is InChI=1S/C14H23NO3/c1-13(2)10(14(13,3)4)11(16)15-8-6-5-7-9(15)12(17)18/h9-10H,5-8H2,1-4H3,(H,17,18). The second-order valence-electron chi connectivity index (χ2n) is 6.76. The molecule has 2 aliphatic rings. The van der Waals surface area contributed by atoms with Crippen molar-refractivity contribution in [2.24, 2.45) is 16.7 Å². The van der Waals surface area contributed by atoms with E-state index in [1.54, 1.807) is 4.90 Å². The number of amides is 1. The maximum atomic E-state index is 12.6. The molecule has 18 heavy (non-hydrogen) atoms. The van der Waals surface area contributed by atoms with Crippen LogP contribution in [0.5, 0.6) is 0 Å². The lowest BCUT2D eigenvalue weighted by Crippen LogP contribution is -2.49. The predicted octanol–water partition coefficient (Wildman–Crippen LogP) is 2.13. The Kier molecular flexibility index (Phi) is 2.95. The van der Waals surface area contributed by atoms with Gasteiger partial charge in [-0.25, -0.2) is 4.79 Å². The molecule has 0 spiro atoms. The fourth-order valence-electron chi connectivity index (χ4n) is 3.43. The first-order chi connectivity index (χ1) is 8.21. The SMILES string of the molecule is CC1(C)C(C(=O)N2CCCCC2C(=O)O)C1(C)C. The molecule has 2 rings (SSSR count). The Morgan fingerprint density at radius 1 is 1.11 bits per heavy atom. The maximum Gasteiger partial charge on any atom is 0.326 e. The Balaban J connectivity index is 2.16. The largest absolute Gasteiger partial charge is 0.480 e. The van der Waals surface area contributed by atoms with Crippen molar-refractivity contribution >= 4 is 11.9 Å². The summed E-state index contributed by atoms with van der Waals surface area (Å²) < 4.78 is 0. The third kappa shape index (κ3) is 1.73. The van der Waals surface area contributed by atoms with Gasteiger partial charge in [0.2, 0.25) is 5.91 Å². The lowest BCUT2D eigenvalue weighted by molar-refractivity contribution is -0.153. The molecule has 0 aromatic carbocycles. The highest BCUT2D eigenvalue weighted by atomic mass is 16.4. The summed E-state index contributed by atoms with van der Waals surface area (Å²) in [6, 6.07) is -0.613. The summed E-state index contributed by atoms with van der Waals surface area (Å²) >= 11 is 0. The van der Waals surface area contributed by atoms with Gasteiger partial charge in [0.25, 0.3) is 0 Å². The molecule has 1 aliphatic carbocycles. The van der Waals surface area contributed by atoms with E-state index in [4.69, 9.17) is 0 Å². The molecule has 1 saturated carbocycles. The van der Waals surface area contributed by atoms with E-state index in [9.17, 15) is 14.7 Å². The van der Waals surface area contributed by atoms with E-state index in [1.807, 2.05) is 0 Å². The molecule has 102 valence electrons. The van der Waals surface area contributed by atoms with Crippen LogP contribution >= 0.6 is 0 Å². The predicted molar refractivity (Wildman–Crippen MR) is 68.0 cm³/mol. The molecule has 0 aromatic heterocycles. The Hall–Kier alpha value is -1.06. The minimum Gasteiger partial charge on any atom is -0.480 e. The molecule has 0 aromatic rings. The third-order valence-corrected chi connectivity index (χ3v) is 5.34.